The van der Waals surface area contributed by atoms with Gasteiger partial charge in [-0.25, -0.2) is 0 Å². The van der Waals surface area contributed by atoms with Crippen LogP contribution in [0, 0.1) is 0 Å². The van der Waals surface area contributed by atoms with E-state index in [9.17, 15) is 0 Å². The number of nitrogens with zero attached hydrogens (tertiary/aromatic N) is 1. The van der Waals surface area contributed by atoms with E-state index in [1.54, 1.807) is 0 Å². The van der Waals surface area contributed by atoms with E-state index >= 15 is 0 Å². The van der Waals surface area contributed by atoms with Gasteiger partial charge in [0, 0.05) is 21.9 Å². The third-order valence-corrected chi connectivity index (χ3v) is 11.0. The van der Waals surface area contributed by atoms with Crippen LogP contribution >= 0.6 is 0 Å². The minimum Gasteiger partial charge on any atom is -0.309 e. The summed E-state index contributed by atoms with van der Waals surface area (Å²) in [5.41, 5.74) is 11.2. The van der Waals surface area contributed by atoms with Crippen LogP contribution in [0.3, 0.4) is 0 Å². The van der Waals surface area contributed by atoms with Crippen LogP contribution in [0.15, 0.2) is 176 Å². The van der Waals surface area contributed by atoms with Crippen LogP contribution in [-0.2, 0) is 5.41 Å². The van der Waals surface area contributed by atoms with Crippen molar-refractivity contribution in [1.29, 1.82) is 0 Å². The minimum absolute atomic E-state index is 0.112. The second kappa shape index (κ2) is 10.9. The van der Waals surface area contributed by atoms with Crippen LogP contribution in [0.1, 0.15) is 25.0 Å². The van der Waals surface area contributed by atoms with E-state index in [1.807, 2.05) is 0 Å². The molecule has 0 atom stereocenters. The van der Waals surface area contributed by atoms with Crippen molar-refractivity contribution in [3.8, 4) is 22.3 Å². The van der Waals surface area contributed by atoms with E-state index in [2.05, 4.69) is 195 Å². The number of anilines is 3. The summed E-state index contributed by atoms with van der Waals surface area (Å²) < 4.78 is 0. The number of fused-ring (bicyclic) bond motifs is 9. The lowest BCUT2D eigenvalue weighted by atomic mass is 9.82. The lowest BCUT2D eigenvalue weighted by Crippen LogP contribution is -2.16. The van der Waals surface area contributed by atoms with E-state index in [0.29, 0.717) is 0 Å². The van der Waals surface area contributed by atoms with Gasteiger partial charge in [0.2, 0.25) is 0 Å². The molecule has 0 saturated carbocycles. The minimum atomic E-state index is -0.112. The molecule has 9 aromatic carbocycles. The smallest absolute Gasteiger partial charge is 0.0543 e. The van der Waals surface area contributed by atoms with Gasteiger partial charge in [-0.3, -0.25) is 0 Å². The van der Waals surface area contributed by atoms with Crippen LogP contribution in [0.4, 0.5) is 17.1 Å². The molecule has 0 N–H and O–H groups in total. The molecule has 0 bridgehead atoms. The first kappa shape index (κ1) is 28.8. The number of benzene rings is 9. The highest BCUT2D eigenvalue weighted by molar-refractivity contribution is 6.22. The summed E-state index contributed by atoms with van der Waals surface area (Å²) in [6, 6.07) is 65.1. The quantitative estimate of drug-likeness (QED) is 0.174. The molecule has 1 aliphatic rings. The van der Waals surface area contributed by atoms with Crippen LogP contribution in [0.25, 0.3) is 65.3 Å². The maximum absolute atomic E-state index is 2.54. The topological polar surface area (TPSA) is 3.24 Å². The van der Waals surface area contributed by atoms with E-state index in [0.717, 1.165) is 5.69 Å². The van der Waals surface area contributed by atoms with Gasteiger partial charge < -0.3 is 4.90 Å². The van der Waals surface area contributed by atoms with Gasteiger partial charge in [0.25, 0.3) is 0 Å². The molecule has 0 aromatic heterocycles. The Labute approximate surface area is 292 Å². The summed E-state index contributed by atoms with van der Waals surface area (Å²) in [6.07, 6.45) is 0. The monoisotopic (exact) mass is 637 g/mol. The van der Waals surface area contributed by atoms with Crippen molar-refractivity contribution >= 4 is 60.2 Å². The molecule has 10 rings (SSSR count). The molecule has 0 amide bonds. The van der Waals surface area contributed by atoms with E-state index in [-0.39, 0.29) is 5.41 Å². The van der Waals surface area contributed by atoms with Crippen molar-refractivity contribution in [1.82, 2.24) is 0 Å². The zero-order valence-electron chi connectivity index (χ0n) is 28.2. The molecule has 0 fully saturated rings. The van der Waals surface area contributed by atoms with Gasteiger partial charge in [-0.15, -0.1) is 0 Å². The number of hydrogen-bond donors (Lipinski definition) is 0. The number of para-hydroxylation sites is 1. The van der Waals surface area contributed by atoms with Gasteiger partial charge in [0.1, 0.15) is 0 Å². The molecule has 0 heterocycles. The highest BCUT2D eigenvalue weighted by Gasteiger charge is 2.38. The summed E-state index contributed by atoms with van der Waals surface area (Å²) in [5, 5.41) is 10.1. The normalized spacial score (nSPS) is 13.2. The first-order valence-electron chi connectivity index (χ1n) is 17.5. The molecule has 0 radical (unpaired) electrons. The van der Waals surface area contributed by atoms with Gasteiger partial charge in [-0.2, -0.15) is 0 Å². The standard InChI is InChI=1S/C49H35N/c1-49(2)42-20-9-7-18-41(42)48-43(49)21-12-24-46(48)50(44-22-10-8-16-37(44)36-28-25-32-13-3-4-15-35(32)31-36)45-23-11-19-40-39(45)30-29-34-27-26-33-14-5-6-17-38(33)47(34)40/h3-31H,1-2H3. The Kier molecular flexibility index (Phi) is 6.29. The Morgan fingerprint density at radius 1 is 0.380 bits per heavy atom. The average molecular weight is 638 g/mol. The Balaban J connectivity index is 1.32. The Bertz CT molecular complexity index is 2800. The number of rotatable bonds is 4. The molecule has 0 saturated heterocycles. The maximum Gasteiger partial charge on any atom is 0.0543 e. The maximum atomic E-state index is 2.54. The Hall–Kier alpha value is -6.18. The largest absolute Gasteiger partial charge is 0.309 e. The zero-order chi connectivity index (χ0) is 33.4. The van der Waals surface area contributed by atoms with Crippen molar-refractivity contribution in [3.05, 3.63) is 187 Å². The summed E-state index contributed by atoms with van der Waals surface area (Å²) in [4.78, 5) is 2.54. The molecule has 236 valence electrons. The lowest BCUT2D eigenvalue weighted by Gasteiger charge is -2.31. The fourth-order valence-corrected chi connectivity index (χ4v) is 8.62. The highest BCUT2D eigenvalue weighted by Crippen LogP contribution is 2.55. The second-order valence-electron chi connectivity index (χ2n) is 14.1. The molecule has 1 heteroatoms. The van der Waals surface area contributed by atoms with Crippen molar-refractivity contribution in [2.45, 2.75) is 19.3 Å². The fourth-order valence-electron chi connectivity index (χ4n) is 8.62. The summed E-state index contributed by atoms with van der Waals surface area (Å²) in [5.74, 6) is 0. The third kappa shape index (κ3) is 4.20. The molecular weight excluding hydrogens is 603 g/mol. The summed E-state index contributed by atoms with van der Waals surface area (Å²) in [7, 11) is 0. The fraction of sp³-hybridized carbons (Fsp3) is 0.0612. The molecule has 1 aliphatic carbocycles. The predicted octanol–water partition coefficient (Wildman–Crippen LogP) is 13.7. The van der Waals surface area contributed by atoms with Crippen LogP contribution in [0.5, 0.6) is 0 Å². The first-order valence-corrected chi connectivity index (χ1v) is 17.5. The van der Waals surface area contributed by atoms with Gasteiger partial charge in [-0.05, 0) is 84.2 Å². The van der Waals surface area contributed by atoms with E-state index in [4.69, 9.17) is 0 Å². The lowest BCUT2D eigenvalue weighted by molar-refractivity contribution is 0.660. The third-order valence-electron chi connectivity index (χ3n) is 11.0. The molecule has 1 nitrogen and oxygen atoms in total. The van der Waals surface area contributed by atoms with E-state index in [1.165, 1.54) is 87.8 Å². The predicted molar refractivity (Wildman–Crippen MR) is 214 cm³/mol. The molecule has 50 heavy (non-hydrogen) atoms. The number of hydrogen-bond acceptors (Lipinski definition) is 1. The van der Waals surface area contributed by atoms with Gasteiger partial charge in [0.15, 0.2) is 0 Å². The average Bonchev–Trinajstić information content (AvgIpc) is 3.41. The van der Waals surface area contributed by atoms with Gasteiger partial charge in [-0.1, -0.05) is 166 Å². The van der Waals surface area contributed by atoms with Crippen molar-refractivity contribution in [2.24, 2.45) is 0 Å². The van der Waals surface area contributed by atoms with Crippen molar-refractivity contribution in [3.63, 3.8) is 0 Å². The molecular formula is C49H35N. The second-order valence-corrected chi connectivity index (χ2v) is 14.1. The molecule has 0 unspecified atom stereocenters. The van der Waals surface area contributed by atoms with Crippen LogP contribution in [0.2, 0.25) is 0 Å². The van der Waals surface area contributed by atoms with Crippen LogP contribution < -0.4 is 4.90 Å². The van der Waals surface area contributed by atoms with Crippen molar-refractivity contribution < 1.29 is 0 Å². The Morgan fingerprint density at radius 2 is 0.980 bits per heavy atom. The van der Waals surface area contributed by atoms with Gasteiger partial charge in [0.05, 0.1) is 17.1 Å². The highest BCUT2D eigenvalue weighted by atomic mass is 15.1. The van der Waals surface area contributed by atoms with Crippen LogP contribution in [-0.4, -0.2) is 0 Å². The summed E-state index contributed by atoms with van der Waals surface area (Å²) >= 11 is 0. The first-order chi connectivity index (χ1) is 24.6. The Morgan fingerprint density at radius 3 is 1.88 bits per heavy atom. The summed E-state index contributed by atoms with van der Waals surface area (Å²) in [6.45, 7) is 4.73. The molecule has 9 aromatic rings. The molecule has 0 spiro atoms. The van der Waals surface area contributed by atoms with Gasteiger partial charge >= 0.3 is 0 Å². The zero-order valence-corrected chi connectivity index (χ0v) is 28.2. The molecule has 0 aliphatic heterocycles. The SMILES string of the molecule is CC1(C)c2ccccc2-c2c(N(c3ccccc3-c3ccc4ccccc4c3)c3cccc4c3ccc3ccc5ccccc5c34)cccc21. The van der Waals surface area contributed by atoms with E-state index < -0.39 is 0 Å². The van der Waals surface area contributed by atoms with Crippen molar-refractivity contribution in [2.75, 3.05) is 4.90 Å².